The van der Waals surface area contributed by atoms with Crippen LogP contribution in [0.25, 0.3) is 0 Å². The Bertz CT molecular complexity index is 866. The van der Waals surface area contributed by atoms with Gasteiger partial charge in [0, 0.05) is 50.7 Å². The van der Waals surface area contributed by atoms with E-state index in [1.165, 1.54) is 5.69 Å². The minimum atomic E-state index is -0.0560. The lowest BCUT2D eigenvalue weighted by molar-refractivity contribution is 0.0798. The molecule has 4 rings (SSSR count). The number of ether oxygens (including phenoxy) is 1. The molecule has 0 aromatic carbocycles. The molecule has 0 radical (unpaired) electrons. The van der Waals surface area contributed by atoms with E-state index in [1.807, 2.05) is 6.07 Å². The number of hydrogen-bond acceptors (Lipinski definition) is 6. The fourth-order valence-electron chi connectivity index (χ4n) is 3.88. The van der Waals surface area contributed by atoms with Crippen molar-refractivity contribution in [2.45, 2.75) is 52.4 Å². The zero-order valence-corrected chi connectivity index (χ0v) is 17.8. The molecule has 158 valence electrons. The van der Waals surface area contributed by atoms with E-state index >= 15 is 0 Å². The first-order valence-electron chi connectivity index (χ1n) is 10.6. The fourth-order valence-corrected chi connectivity index (χ4v) is 3.88. The van der Waals surface area contributed by atoms with Crippen LogP contribution in [0.4, 0.5) is 0 Å². The quantitative estimate of drug-likeness (QED) is 0.748. The molecule has 0 bridgehead atoms. The third-order valence-electron chi connectivity index (χ3n) is 5.72. The molecule has 0 saturated carbocycles. The number of piperazine rings is 1. The summed E-state index contributed by atoms with van der Waals surface area (Å²) in [6, 6.07) is 5.66. The molecule has 2 aliphatic rings. The molecule has 1 saturated heterocycles. The van der Waals surface area contributed by atoms with E-state index < -0.39 is 0 Å². The van der Waals surface area contributed by atoms with E-state index in [9.17, 15) is 4.79 Å². The first-order valence-corrected chi connectivity index (χ1v) is 10.6. The summed E-state index contributed by atoms with van der Waals surface area (Å²) in [5.41, 5.74) is 3.19. The van der Waals surface area contributed by atoms with Crippen LogP contribution in [0.5, 0.6) is 0 Å². The monoisotopic (exact) mass is 400 g/mol. The lowest BCUT2D eigenvalue weighted by atomic mass is 9.92. The molecule has 2 aromatic heterocycles. The van der Waals surface area contributed by atoms with Crippen molar-refractivity contribution in [1.82, 2.24) is 29.4 Å². The lowest BCUT2D eigenvalue weighted by Gasteiger charge is -2.34. The van der Waals surface area contributed by atoms with Crippen LogP contribution >= 0.6 is 0 Å². The second-order valence-electron chi connectivity index (χ2n) is 9.05. The largest absolute Gasteiger partial charge is 0.373 e. The summed E-state index contributed by atoms with van der Waals surface area (Å²) < 4.78 is 9.19. The first-order chi connectivity index (χ1) is 13.9. The summed E-state index contributed by atoms with van der Waals surface area (Å²) >= 11 is 0. The zero-order valence-electron chi connectivity index (χ0n) is 17.8. The molecule has 0 unspecified atom stereocenters. The van der Waals surface area contributed by atoms with Gasteiger partial charge in [0.15, 0.2) is 0 Å². The highest BCUT2D eigenvalue weighted by molar-refractivity contribution is 5.11. The Balaban J connectivity index is 1.27. The highest BCUT2D eigenvalue weighted by Gasteiger charge is 2.20. The molecule has 0 amide bonds. The average molecular weight is 401 g/mol. The van der Waals surface area contributed by atoms with Crippen LogP contribution in [0, 0.1) is 0 Å². The van der Waals surface area contributed by atoms with Crippen molar-refractivity contribution in [1.29, 1.82) is 0 Å². The number of aromatic nitrogens is 4. The van der Waals surface area contributed by atoms with E-state index in [0.29, 0.717) is 13.2 Å². The van der Waals surface area contributed by atoms with Gasteiger partial charge in [-0.3, -0.25) is 19.3 Å². The molecule has 2 aliphatic heterocycles. The summed E-state index contributed by atoms with van der Waals surface area (Å²) in [7, 11) is 0. The van der Waals surface area contributed by atoms with E-state index in [2.05, 4.69) is 46.4 Å². The van der Waals surface area contributed by atoms with Gasteiger partial charge >= 0.3 is 0 Å². The van der Waals surface area contributed by atoms with Crippen LogP contribution in [0.3, 0.4) is 0 Å². The first kappa shape index (κ1) is 20.3. The zero-order chi connectivity index (χ0) is 20.4. The van der Waals surface area contributed by atoms with Crippen molar-refractivity contribution >= 4 is 0 Å². The second-order valence-corrected chi connectivity index (χ2v) is 9.05. The molecule has 2 aromatic rings. The topological polar surface area (TPSA) is 68.4 Å². The molecule has 0 aliphatic carbocycles. The summed E-state index contributed by atoms with van der Waals surface area (Å²) in [4.78, 5) is 17.0. The molecule has 0 atom stereocenters. The highest BCUT2D eigenvalue weighted by Crippen LogP contribution is 2.18. The number of nitrogens with zero attached hydrogens (tertiary/aromatic N) is 6. The third kappa shape index (κ3) is 4.94. The normalized spacial score (nSPS) is 18.7. The Labute approximate surface area is 172 Å². The predicted octanol–water partition coefficient (Wildman–Crippen LogP) is 1.09. The van der Waals surface area contributed by atoms with Gasteiger partial charge in [0.1, 0.15) is 0 Å². The molecule has 8 heteroatoms. The Hall–Kier alpha value is -2.03. The number of hydrogen-bond donors (Lipinski definition) is 0. The molecule has 1 fully saturated rings. The van der Waals surface area contributed by atoms with Gasteiger partial charge in [0.25, 0.3) is 5.56 Å². The standard InChI is InChI=1S/C21H32N6O2/c1-21(2,3)19-4-5-20(28)27(23-19)11-10-24-6-8-25(9-7-24)15-17-14-18-16-29-13-12-26(18)22-17/h4-5,14H,6-13,15-16H2,1-3H3. The Morgan fingerprint density at radius 1 is 1.00 bits per heavy atom. The summed E-state index contributed by atoms with van der Waals surface area (Å²) in [6.07, 6.45) is 0. The maximum absolute atomic E-state index is 12.2. The van der Waals surface area contributed by atoms with Crippen LogP contribution in [0.1, 0.15) is 37.9 Å². The van der Waals surface area contributed by atoms with E-state index in [4.69, 9.17) is 9.84 Å². The van der Waals surface area contributed by atoms with Crippen molar-refractivity contribution in [2.75, 3.05) is 39.3 Å². The van der Waals surface area contributed by atoms with Gasteiger partial charge in [-0.15, -0.1) is 0 Å². The minimum Gasteiger partial charge on any atom is -0.373 e. The summed E-state index contributed by atoms with van der Waals surface area (Å²) in [6.45, 7) is 15.1. The van der Waals surface area contributed by atoms with E-state index in [-0.39, 0.29) is 11.0 Å². The van der Waals surface area contributed by atoms with Gasteiger partial charge in [0.2, 0.25) is 0 Å². The van der Waals surface area contributed by atoms with Crippen LogP contribution in [-0.4, -0.2) is 68.7 Å². The van der Waals surface area contributed by atoms with Gasteiger partial charge in [-0.05, 0) is 12.1 Å². The molecule has 29 heavy (non-hydrogen) atoms. The highest BCUT2D eigenvalue weighted by atomic mass is 16.5. The van der Waals surface area contributed by atoms with Crippen LogP contribution < -0.4 is 5.56 Å². The molecule has 8 nitrogen and oxygen atoms in total. The van der Waals surface area contributed by atoms with Crippen molar-refractivity contribution in [3.63, 3.8) is 0 Å². The summed E-state index contributed by atoms with van der Waals surface area (Å²) in [5.74, 6) is 0. The molecule has 0 spiro atoms. The van der Waals surface area contributed by atoms with Crippen molar-refractivity contribution < 1.29 is 4.74 Å². The average Bonchev–Trinajstić information content (AvgIpc) is 3.10. The Morgan fingerprint density at radius 3 is 2.48 bits per heavy atom. The third-order valence-corrected chi connectivity index (χ3v) is 5.72. The molecular formula is C21H32N6O2. The minimum absolute atomic E-state index is 0.0237. The van der Waals surface area contributed by atoms with Gasteiger partial charge < -0.3 is 4.74 Å². The van der Waals surface area contributed by atoms with E-state index in [1.54, 1.807) is 10.7 Å². The lowest BCUT2D eigenvalue weighted by Crippen LogP contribution is -2.47. The fraction of sp³-hybridized carbons (Fsp3) is 0.667. The van der Waals surface area contributed by atoms with Crippen LogP contribution in [0.2, 0.25) is 0 Å². The SMILES string of the molecule is CC(C)(C)c1ccc(=O)n(CCN2CCN(Cc3cc4n(n3)CCOC4)CC2)n1. The second kappa shape index (κ2) is 8.38. The van der Waals surface area contributed by atoms with Gasteiger partial charge in [-0.25, -0.2) is 4.68 Å². The predicted molar refractivity (Wildman–Crippen MR) is 111 cm³/mol. The van der Waals surface area contributed by atoms with Gasteiger partial charge in [0.05, 0.1) is 43.4 Å². The Kier molecular flexibility index (Phi) is 5.85. The van der Waals surface area contributed by atoms with Crippen molar-refractivity contribution in [3.8, 4) is 0 Å². The molecule has 0 N–H and O–H groups in total. The summed E-state index contributed by atoms with van der Waals surface area (Å²) in [5, 5.41) is 9.29. The molecular weight excluding hydrogens is 368 g/mol. The van der Waals surface area contributed by atoms with Crippen LogP contribution in [0.15, 0.2) is 23.0 Å². The van der Waals surface area contributed by atoms with Gasteiger partial charge in [-0.2, -0.15) is 10.2 Å². The Morgan fingerprint density at radius 2 is 1.76 bits per heavy atom. The number of rotatable bonds is 5. The maximum Gasteiger partial charge on any atom is 0.266 e. The van der Waals surface area contributed by atoms with Crippen molar-refractivity contribution in [2.24, 2.45) is 0 Å². The van der Waals surface area contributed by atoms with Gasteiger partial charge in [-0.1, -0.05) is 20.8 Å². The van der Waals surface area contributed by atoms with Crippen LogP contribution in [-0.2, 0) is 36.4 Å². The van der Waals surface area contributed by atoms with Crippen molar-refractivity contribution in [3.05, 3.63) is 45.6 Å². The number of fused-ring (bicyclic) bond motifs is 1. The molecule has 4 heterocycles. The van der Waals surface area contributed by atoms with E-state index in [0.717, 1.165) is 63.8 Å². The maximum atomic E-state index is 12.2. The smallest absolute Gasteiger partial charge is 0.266 e.